The van der Waals surface area contributed by atoms with E-state index in [4.69, 9.17) is 11.6 Å². The maximum Gasteiger partial charge on any atom is 0.419 e. The average molecular weight is 370 g/mol. The predicted molar refractivity (Wildman–Crippen MR) is 71.6 cm³/mol. The fourth-order valence-corrected chi connectivity index (χ4v) is 2.20. The second-order valence-corrected chi connectivity index (χ2v) is 5.09. The Morgan fingerprint density at radius 3 is 2.50 bits per heavy atom. The summed E-state index contributed by atoms with van der Waals surface area (Å²) in [6.45, 7) is 0. The molecule has 2 rings (SSSR count). The van der Waals surface area contributed by atoms with Crippen LogP contribution in [0.2, 0.25) is 5.02 Å². The third kappa shape index (κ3) is 3.40. The van der Waals surface area contributed by atoms with E-state index in [9.17, 15) is 17.6 Å². The zero-order valence-corrected chi connectivity index (χ0v) is 11.9. The Bertz CT molecular complexity index is 646. The van der Waals surface area contributed by atoms with Crippen LogP contribution in [0.25, 0.3) is 0 Å². The number of benzene rings is 1. The molecule has 1 heterocycles. The molecule has 20 heavy (non-hydrogen) atoms. The topological polar surface area (TPSA) is 24.9 Å². The fourth-order valence-electron chi connectivity index (χ4n) is 1.46. The number of anilines is 2. The third-order valence-corrected chi connectivity index (χ3v) is 3.15. The molecule has 0 amide bonds. The van der Waals surface area contributed by atoms with Crippen molar-refractivity contribution in [2.45, 2.75) is 6.18 Å². The number of aromatic nitrogens is 1. The summed E-state index contributed by atoms with van der Waals surface area (Å²) < 4.78 is 51.4. The number of hydrogen-bond acceptors (Lipinski definition) is 2. The SMILES string of the molecule is Fc1ccc(Nc2ncc(Cl)cc2Br)cc1C(F)(F)F. The van der Waals surface area contributed by atoms with E-state index in [1.54, 1.807) is 0 Å². The van der Waals surface area contributed by atoms with Gasteiger partial charge in [-0.2, -0.15) is 13.2 Å². The first-order chi connectivity index (χ1) is 9.27. The van der Waals surface area contributed by atoms with Crippen LogP contribution >= 0.6 is 27.5 Å². The van der Waals surface area contributed by atoms with Crippen LogP contribution in [0.15, 0.2) is 34.9 Å². The summed E-state index contributed by atoms with van der Waals surface area (Å²) in [5.41, 5.74) is -1.28. The number of rotatable bonds is 2. The van der Waals surface area contributed by atoms with Gasteiger partial charge in [0.25, 0.3) is 0 Å². The normalized spacial score (nSPS) is 11.5. The highest BCUT2D eigenvalue weighted by Gasteiger charge is 2.34. The second-order valence-electron chi connectivity index (χ2n) is 3.80. The smallest absolute Gasteiger partial charge is 0.339 e. The van der Waals surface area contributed by atoms with E-state index in [1.165, 1.54) is 18.3 Å². The van der Waals surface area contributed by atoms with Gasteiger partial charge in [-0.25, -0.2) is 9.37 Å². The number of nitrogens with one attached hydrogen (secondary N) is 1. The summed E-state index contributed by atoms with van der Waals surface area (Å²) in [5.74, 6) is -1.06. The van der Waals surface area contributed by atoms with Gasteiger partial charge in [0.15, 0.2) is 0 Å². The van der Waals surface area contributed by atoms with Gasteiger partial charge in [-0.3, -0.25) is 0 Å². The molecule has 0 unspecified atom stereocenters. The summed E-state index contributed by atoms with van der Waals surface area (Å²) in [5, 5.41) is 3.03. The van der Waals surface area contributed by atoms with Crippen molar-refractivity contribution >= 4 is 39.0 Å². The molecule has 0 aliphatic rings. The van der Waals surface area contributed by atoms with Crippen LogP contribution in [0.4, 0.5) is 29.1 Å². The third-order valence-electron chi connectivity index (χ3n) is 2.34. The van der Waals surface area contributed by atoms with E-state index in [0.29, 0.717) is 15.6 Å². The van der Waals surface area contributed by atoms with Crippen molar-refractivity contribution in [3.8, 4) is 0 Å². The highest BCUT2D eigenvalue weighted by atomic mass is 79.9. The predicted octanol–water partition coefficient (Wildman–Crippen LogP) is 5.40. The molecule has 0 spiro atoms. The van der Waals surface area contributed by atoms with Gasteiger partial charge in [-0.05, 0) is 40.2 Å². The molecule has 0 saturated carbocycles. The fraction of sp³-hybridized carbons (Fsp3) is 0.0833. The van der Waals surface area contributed by atoms with Gasteiger partial charge in [0.1, 0.15) is 11.6 Å². The molecule has 106 valence electrons. The van der Waals surface area contributed by atoms with Gasteiger partial charge in [-0.1, -0.05) is 11.6 Å². The number of alkyl halides is 3. The zero-order valence-electron chi connectivity index (χ0n) is 9.60. The molecule has 0 bridgehead atoms. The first-order valence-electron chi connectivity index (χ1n) is 5.22. The molecule has 0 saturated heterocycles. The molecular weight excluding hydrogens is 363 g/mol. The lowest BCUT2D eigenvalue weighted by atomic mass is 10.2. The standard InChI is InChI=1S/C12H6BrClF4N2/c13-9-3-6(14)5-19-11(9)20-7-1-2-10(15)8(4-7)12(16,17)18/h1-5H,(H,19,20). The quantitative estimate of drug-likeness (QED) is 0.717. The van der Waals surface area contributed by atoms with Gasteiger partial charge < -0.3 is 5.32 Å². The van der Waals surface area contributed by atoms with Crippen molar-refractivity contribution in [1.82, 2.24) is 4.98 Å². The van der Waals surface area contributed by atoms with Crippen LogP contribution in [-0.4, -0.2) is 4.98 Å². The van der Waals surface area contributed by atoms with Crippen molar-refractivity contribution in [1.29, 1.82) is 0 Å². The molecule has 0 aliphatic carbocycles. The van der Waals surface area contributed by atoms with E-state index in [-0.39, 0.29) is 11.5 Å². The summed E-state index contributed by atoms with van der Waals surface area (Å²) in [4.78, 5) is 3.92. The van der Waals surface area contributed by atoms with E-state index >= 15 is 0 Å². The number of halogens is 6. The highest BCUT2D eigenvalue weighted by Crippen LogP contribution is 2.34. The molecule has 1 N–H and O–H groups in total. The molecular formula is C12H6BrClF4N2. The van der Waals surface area contributed by atoms with Crippen LogP contribution in [0.1, 0.15) is 5.56 Å². The van der Waals surface area contributed by atoms with Gasteiger partial charge in [-0.15, -0.1) is 0 Å². The summed E-state index contributed by atoms with van der Waals surface area (Å²) in [7, 11) is 0. The molecule has 8 heteroatoms. The molecule has 0 aliphatic heterocycles. The number of hydrogen-bond donors (Lipinski definition) is 1. The highest BCUT2D eigenvalue weighted by molar-refractivity contribution is 9.10. The molecule has 2 nitrogen and oxygen atoms in total. The Kier molecular flexibility index (Phi) is 4.19. The Morgan fingerprint density at radius 2 is 1.90 bits per heavy atom. The maximum absolute atomic E-state index is 13.1. The second kappa shape index (κ2) is 5.57. The van der Waals surface area contributed by atoms with Crippen molar-refractivity contribution in [2.24, 2.45) is 0 Å². The Balaban J connectivity index is 2.35. The number of pyridine rings is 1. The van der Waals surface area contributed by atoms with Crippen molar-refractivity contribution in [3.63, 3.8) is 0 Å². The average Bonchev–Trinajstić information content (AvgIpc) is 2.33. The lowest BCUT2D eigenvalue weighted by Gasteiger charge is -2.12. The van der Waals surface area contributed by atoms with Crippen LogP contribution in [-0.2, 0) is 6.18 Å². The van der Waals surface area contributed by atoms with Crippen LogP contribution < -0.4 is 5.32 Å². The van der Waals surface area contributed by atoms with Gasteiger partial charge in [0, 0.05) is 11.9 Å². The van der Waals surface area contributed by atoms with Gasteiger partial charge >= 0.3 is 6.18 Å². The first-order valence-corrected chi connectivity index (χ1v) is 6.39. The lowest BCUT2D eigenvalue weighted by Crippen LogP contribution is -2.08. The van der Waals surface area contributed by atoms with Gasteiger partial charge in [0.05, 0.1) is 15.1 Å². The van der Waals surface area contributed by atoms with E-state index in [1.807, 2.05) is 0 Å². The Labute approximate surface area is 124 Å². The monoisotopic (exact) mass is 368 g/mol. The largest absolute Gasteiger partial charge is 0.419 e. The zero-order chi connectivity index (χ0) is 14.9. The molecule has 0 fully saturated rings. The minimum Gasteiger partial charge on any atom is -0.339 e. The molecule has 0 radical (unpaired) electrons. The van der Waals surface area contributed by atoms with Crippen molar-refractivity contribution in [2.75, 3.05) is 5.32 Å². The maximum atomic E-state index is 13.1. The lowest BCUT2D eigenvalue weighted by molar-refractivity contribution is -0.139. The summed E-state index contributed by atoms with van der Waals surface area (Å²) >= 11 is 8.88. The van der Waals surface area contributed by atoms with E-state index < -0.39 is 17.6 Å². The first kappa shape index (κ1) is 15.1. The minimum absolute atomic E-state index is 0.0641. The Hall–Kier alpha value is -1.34. The Morgan fingerprint density at radius 1 is 1.20 bits per heavy atom. The minimum atomic E-state index is -4.76. The summed E-state index contributed by atoms with van der Waals surface area (Å²) in [6, 6.07) is 4.14. The molecule has 1 aromatic carbocycles. The molecule has 1 aromatic heterocycles. The van der Waals surface area contributed by atoms with Crippen LogP contribution in [0.3, 0.4) is 0 Å². The van der Waals surface area contributed by atoms with Gasteiger partial charge in [0.2, 0.25) is 0 Å². The van der Waals surface area contributed by atoms with Crippen LogP contribution in [0.5, 0.6) is 0 Å². The van der Waals surface area contributed by atoms with Crippen molar-refractivity contribution in [3.05, 3.63) is 51.3 Å². The van der Waals surface area contributed by atoms with Crippen LogP contribution in [0, 0.1) is 5.82 Å². The van der Waals surface area contributed by atoms with E-state index in [2.05, 4.69) is 26.2 Å². The van der Waals surface area contributed by atoms with Crippen molar-refractivity contribution < 1.29 is 17.6 Å². The molecule has 0 atom stereocenters. The number of nitrogens with zero attached hydrogens (tertiary/aromatic N) is 1. The molecule has 2 aromatic rings. The van der Waals surface area contributed by atoms with E-state index in [0.717, 1.165) is 6.07 Å². The summed E-state index contributed by atoms with van der Waals surface area (Å²) in [6.07, 6.45) is -3.42.